The van der Waals surface area contributed by atoms with Gasteiger partial charge in [-0.3, -0.25) is 4.79 Å². The summed E-state index contributed by atoms with van der Waals surface area (Å²) in [5.74, 6) is 1.23. The molecule has 0 saturated carbocycles. The van der Waals surface area contributed by atoms with Gasteiger partial charge in [-0.15, -0.1) is 11.3 Å². The summed E-state index contributed by atoms with van der Waals surface area (Å²) in [6.07, 6.45) is 3.37. The number of nitrogens with zero attached hydrogens (tertiary/aromatic N) is 2. The van der Waals surface area contributed by atoms with Crippen molar-refractivity contribution in [1.82, 2.24) is 4.90 Å². The van der Waals surface area contributed by atoms with E-state index < -0.39 is 0 Å². The predicted molar refractivity (Wildman–Crippen MR) is 102 cm³/mol. The largest absolute Gasteiger partial charge is 0.508 e. The Morgan fingerprint density at radius 1 is 1.16 bits per heavy atom. The number of carbonyl (C=O) groups excluding carboxylic acids is 1. The molecule has 4 nitrogen and oxygen atoms in total. The fourth-order valence-corrected chi connectivity index (χ4v) is 5.10. The Morgan fingerprint density at radius 2 is 1.88 bits per heavy atom. The lowest BCUT2D eigenvalue weighted by atomic mass is 9.88. The molecule has 0 bridgehead atoms. The van der Waals surface area contributed by atoms with Crippen LogP contribution >= 0.6 is 11.3 Å². The molecular formula is C20H24N2O2S. The quantitative estimate of drug-likeness (QED) is 0.895. The standard InChI is InChI=1S/C20H24N2O2S/c1-14-2-7-17-18(13-25-19(17)12-14)20(24)22-10-8-21(9-11-22)15-3-5-16(23)6-4-15/h3-6,13-14,23H,2,7-12H2,1H3. The maximum atomic E-state index is 13.0. The van der Waals surface area contributed by atoms with Gasteiger partial charge in [-0.05, 0) is 55.0 Å². The topological polar surface area (TPSA) is 43.8 Å². The molecule has 2 heterocycles. The molecule has 1 saturated heterocycles. The van der Waals surface area contributed by atoms with E-state index >= 15 is 0 Å². The molecule has 1 aliphatic heterocycles. The summed E-state index contributed by atoms with van der Waals surface area (Å²) in [6, 6.07) is 7.30. The number of thiophene rings is 1. The number of hydrogen-bond acceptors (Lipinski definition) is 4. The third kappa shape index (κ3) is 3.25. The zero-order valence-electron chi connectivity index (χ0n) is 14.6. The van der Waals surface area contributed by atoms with E-state index in [0.717, 1.165) is 56.2 Å². The van der Waals surface area contributed by atoms with Gasteiger partial charge < -0.3 is 14.9 Å². The highest BCUT2D eigenvalue weighted by atomic mass is 32.1. The van der Waals surface area contributed by atoms with E-state index in [2.05, 4.69) is 17.2 Å². The van der Waals surface area contributed by atoms with Crippen LogP contribution in [0.4, 0.5) is 5.69 Å². The van der Waals surface area contributed by atoms with Crippen molar-refractivity contribution in [2.24, 2.45) is 5.92 Å². The van der Waals surface area contributed by atoms with Gasteiger partial charge in [-0.25, -0.2) is 0 Å². The molecule has 1 amide bonds. The van der Waals surface area contributed by atoms with Crippen molar-refractivity contribution in [2.75, 3.05) is 31.1 Å². The van der Waals surface area contributed by atoms with Crippen LogP contribution in [0.2, 0.25) is 0 Å². The van der Waals surface area contributed by atoms with Gasteiger partial charge in [0.25, 0.3) is 5.91 Å². The normalized spacial score (nSPS) is 20.4. The summed E-state index contributed by atoms with van der Waals surface area (Å²) in [6.45, 7) is 5.47. The third-order valence-electron chi connectivity index (χ3n) is 5.41. The maximum Gasteiger partial charge on any atom is 0.255 e. The van der Waals surface area contributed by atoms with Crippen LogP contribution in [0.3, 0.4) is 0 Å². The van der Waals surface area contributed by atoms with Crippen LogP contribution in [-0.2, 0) is 12.8 Å². The lowest BCUT2D eigenvalue weighted by Gasteiger charge is -2.36. The zero-order chi connectivity index (χ0) is 17.4. The van der Waals surface area contributed by atoms with Crippen LogP contribution in [0.25, 0.3) is 0 Å². The number of phenols is 1. The highest BCUT2D eigenvalue weighted by Gasteiger charge is 2.28. The van der Waals surface area contributed by atoms with Gasteiger partial charge in [0, 0.05) is 42.1 Å². The Balaban J connectivity index is 1.43. The first-order valence-electron chi connectivity index (χ1n) is 9.04. The molecule has 0 radical (unpaired) electrons. The summed E-state index contributed by atoms with van der Waals surface area (Å²) < 4.78 is 0. The summed E-state index contributed by atoms with van der Waals surface area (Å²) in [4.78, 5) is 18.7. The smallest absolute Gasteiger partial charge is 0.255 e. The van der Waals surface area contributed by atoms with E-state index in [-0.39, 0.29) is 11.7 Å². The van der Waals surface area contributed by atoms with E-state index in [1.165, 1.54) is 16.9 Å². The van der Waals surface area contributed by atoms with Gasteiger partial charge in [-0.2, -0.15) is 0 Å². The number of anilines is 1. The lowest BCUT2D eigenvalue weighted by Crippen LogP contribution is -2.48. The van der Waals surface area contributed by atoms with Gasteiger partial charge in [0.15, 0.2) is 0 Å². The second-order valence-corrected chi connectivity index (χ2v) is 8.16. The molecule has 1 aromatic heterocycles. The number of amides is 1. The molecular weight excluding hydrogens is 332 g/mol. The van der Waals surface area contributed by atoms with Crippen LogP contribution in [0.5, 0.6) is 5.75 Å². The van der Waals surface area contributed by atoms with Crippen LogP contribution in [0.1, 0.15) is 34.1 Å². The Labute approximate surface area is 152 Å². The van der Waals surface area contributed by atoms with Crippen LogP contribution < -0.4 is 4.90 Å². The number of carbonyl (C=O) groups is 1. The first-order chi connectivity index (χ1) is 12.1. The highest BCUT2D eigenvalue weighted by molar-refractivity contribution is 7.10. The predicted octanol–water partition coefficient (Wildman–Crippen LogP) is 3.54. The van der Waals surface area contributed by atoms with E-state index in [4.69, 9.17) is 0 Å². The Morgan fingerprint density at radius 3 is 2.60 bits per heavy atom. The van der Waals surface area contributed by atoms with E-state index in [0.29, 0.717) is 0 Å². The van der Waals surface area contributed by atoms with Crippen molar-refractivity contribution < 1.29 is 9.90 Å². The molecule has 5 heteroatoms. The number of fused-ring (bicyclic) bond motifs is 1. The Hall–Kier alpha value is -2.01. The Bertz CT molecular complexity index is 761. The van der Waals surface area contributed by atoms with Gasteiger partial charge >= 0.3 is 0 Å². The fourth-order valence-electron chi connectivity index (χ4n) is 3.86. The number of aromatic hydroxyl groups is 1. The third-order valence-corrected chi connectivity index (χ3v) is 6.47. The number of piperazine rings is 1. The second kappa shape index (κ2) is 6.71. The van der Waals surface area contributed by atoms with Crippen molar-refractivity contribution in [3.63, 3.8) is 0 Å². The molecule has 1 aliphatic carbocycles. The number of phenolic OH excluding ortho intramolecular Hbond substituents is 1. The van der Waals surface area contributed by atoms with Crippen LogP contribution in [0, 0.1) is 5.92 Å². The average molecular weight is 356 g/mol. The zero-order valence-corrected chi connectivity index (χ0v) is 15.4. The van der Waals surface area contributed by atoms with Gasteiger partial charge in [-0.1, -0.05) is 6.92 Å². The highest BCUT2D eigenvalue weighted by Crippen LogP contribution is 2.33. The van der Waals surface area contributed by atoms with E-state index in [9.17, 15) is 9.90 Å². The number of rotatable bonds is 2. The number of benzene rings is 1. The molecule has 2 aliphatic rings. The molecule has 1 fully saturated rings. The monoisotopic (exact) mass is 356 g/mol. The minimum Gasteiger partial charge on any atom is -0.508 e. The van der Waals surface area contributed by atoms with Crippen molar-refractivity contribution >= 4 is 22.9 Å². The summed E-state index contributed by atoms with van der Waals surface area (Å²) in [5, 5.41) is 11.5. The maximum absolute atomic E-state index is 13.0. The molecule has 1 N–H and O–H groups in total. The molecule has 25 heavy (non-hydrogen) atoms. The molecule has 0 spiro atoms. The summed E-state index contributed by atoms with van der Waals surface area (Å²) in [5.41, 5.74) is 3.37. The second-order valence-electron chi connectivity index (χ2n) is 7.19. The first-order valence-corrected chi connectivity index (χ1v) is 9.92. The molecule has 132 valence electrons. The summed E-state index contributed by atoms with van der Waals surface area (Å²) >= 11 is 1.77. The van der Waals surface area contributed by atoms with Crippen LogP contribution in [-0.4, -0.2) is 42.1 Å². The molecule has 4 rings (SSSR count). The van der Waals surface area contributed by atoms with Crippen LogP contribution in [0.15, 0.2) is 29.6 Å². The minimum atomic E-state index is 0.206. The Kier molecular flexibility index (Phi) is 4.42. The molecule has 2 aromatic rings. The number of hydrogen-bond donors (Lipinski definition) is 1. The van der Waals surface area contributed by atoms with Gasteiger partial charge in [0.05, 0.1) is 5.56 Å². The fraction of sp³-hybridized carbons (Fsp3) is 0.450. The first kappa shape index (κ1) is 16.5. The average Bonchev–Trinajstić information content (AvgIpc) is 3.05. The SMILES string of the molecule is CC1CCc2c(C(=O)N3CCN(c4ccc(O)cc4)CC3)csc2C1. The molecule has 1 aromatic carbocycles. The van der Waals surface area contributed by atoms with E-state index in [1.807, 2.05) is 17.0 Å². The lowest BCUT2D eigenvalue weighted by molar-refractivity contribution is 0.0746. The molecule has 1 unspecified atom stereocenters. The van der Waals surface area contributed by atoms with Crippen molar-refractivity contribution in [1.29, 1.82) is 0 Å². The minimum absolute atomic E-state index is 0.206. The van der Waals surface area contributed by atoms with Gasteiger partial charge in [0.1, 0.15) is 5.75 Å². The van der Waals surface area contributed by atoms with Crippen molar-refractivity contribution in [2.45, 2.75) is 26.2 Å². The molecule has 1 atom stereocenters. The van der Waals surface area contributed by atoms with Crippen molar-refractivity contribution in [3.8, 4) is 5.75 Å². The van der Waals surface area contributed by atoms with Gasteiger partial charge in [0.2, 0.25) is 0 Å². The summed E-state index contributed by atoms with van der Waals surface area (Å²) in [7, 11) is 0. The van der Waals surface area contributed by atoms with Crippen molar-refractivity contribution in [3.05, 3.63) is 45.6 Å². The van der Waals surface area contributed by atoms with E-state index in [1.54, 1.807) is 23.5 Å².